The van der Waals surface area contributed by atoms with Crippen LogP contribution >= 0.6 is 11.8 Å². The van der Waals surface area contributed by atoms with E-state index in [4.69, 9.17) is 0 Å². The Balaban J connectivity index is 1.69. The highest BCUT2D eigenvalue weighted by Crippen LogP contribution is 2.28. The van der Waals surface area contributed by atoms with Gasteiger partial charge in [-0.15, -0.1) is 0 Å². The first-order chi connectivity index (χ1) is 13.5. The van der Waals surface area contributed by atoms with Gasteiger partial charge in [-0.2, -0.15) is 0 Å². The van der Waals surface area contributed by atoms with Gasteiger partial charge < -0.3 is 5.32 Å². The van der Waals surface area contributed by atoms with Gasteiger partial charge in [0.2, 0.25) is 10.0 Å². The van der Waals surface area contributed by atoms with Crippen molar-refractivity contribution in [2.24, 2.45) is 0 Å². The van der Waals surface area contributed by atoms with Crippen molar-refractivity contribution in [1.82, 2.24) is 15.0 Å². The number of pyridine rings is 1. The Bertz CT molecular complexity index is 1050. The second-order valence-corrected chi connectivity index (χ2v) is 8.75. The number of amides is 1. The van der Waals surface area contributed by atoms with Crippen LogP contribution in [-0.2, 0) is 16.6 Å². The van der Waals surface area contributed by atoms with Gasteiger partial charge in [-0.05, 0) is 49.0 Å². The maximum atomic E-state index is 12.6. The highest BCUT2D eigenvalue weighted by molar-refractivity contribution is 7.99. The maximum Gasteiger partial charge on any atom is 0.254 e. The van der Waals surface area contributed by atoms with Crippen molar-refractivity contribution in [3.63, 3.8) is 0 Å². The summed E-state index contributed by atoms with van der Waals surface area (Å²) in [4.78, 5) is 18.1. The zero-order valence-electron chi connectivity index (χ0n) is 15.1. The first-order valence-electron chi connectivity index (χ1n) is 8.48. The second kappa shape index (κ2) is 9.01. The number of hydrogen-bond acceptors (Lipinski definition) is 5. The highest BCUT2D eigenvalue weighted by atomic mass is 32.2. The molecule has 0 bridgehead atoms. The van der Waals surface area contributed by atoms with Crippen LogP contribution in [0.3, 0.4) is 0 Å². The van der Waals surface area contributed by atoms with Gasteiger partial charge >= 0.3 is 0 Å². The lowest BCUT2D eigenvalue weighted by molar-refractivity contribution is 0.0947. The molecule has 0 atom stereocenters. The van der Waals surface area contributed by atoms with E-state index in [0.717, 1.165) is 10.5 Å². The minimum atomic E-state index is -3.47. The number of carbonyl (C=O) groups is 1. The molecule has 0 aliphatic rings. The van der Waals surface area contributed by atoms with Crippen LogP contribution in [0, 0.1) is 0 Å². The molecule has 1 amide bonds. The number of benzene rings is 2. The van der Waals surface area contributed by atoms with Crippen molar-refractivity contribution in [2.45, 2.75) is 21.4 Å². The SMILES string of the molecule is CNS(=O)(=O)c1ccc(CNC(=O)c2cccnc2Sc2ccccc2)cc1. The number of nitrogens with one attached hydrogen (secondary N) is 2. The van der Waals surface area contributed by atoms with Crippen molar-refractivity contribution in [3.05, 3.63) is 84.1 Å². The van der Waals surface area contributed by atoms with Crippen molar-refractivity contribution < 1.29 is 13.2 Å². The molecule has 0 unspecified atom stereocenters. The van der Waals surface area contributed by atoms with Crippen LogP contribution in [0.25, 0.3) is 0 Å². The molecule has 0 aliphatic heterocycles. The van der Waals surface area contributed by atoms with E-state index in [1.165, 1.54) is 30.9 Å². The second-order valence-electron chi connectivity index (χ2n) is 5.81. The van der Waals surface area contributed by atoms with Crippen LogP contribution in [0.1, 0.15) is 15.9 Å². The van der Waals surface area contributed by atoms with Gasteiger partial charge in [0.1, 0.15) is 5.03 Å². The fourth-order valence-electron chi connectivity index (χ4n) is 2.43. The molecule has 144 valence electrons. The quantitative estimate of drug-likeness (QED) is 0.622. The molecule has 0 saturated heterocycles. The molecule has 2 aromatic carbocycles. The van der Waals surface area contributed by atoms with Gasteiger partial charge in [0.15, 0.2) is 0 Å². The van der Waals surface area contributed by atoms with Gasteiger partial charge in [-0.3, -0.25) is 4.79 Å². The zero-order chi connectivity index (χ0) is 20.0. The molecule has 0 spiro atoms. The van der Waals surface area contributed by atoms with Gasteiger partial charge in [0, 0.05) is 17.6 Å². The van der Waals surface area contributed by atoms with Crippen LogP contribution in [-0.4, -0.2) is 26.4 Å². The van der Waals surface area contributed by atoms with Gasteiger partial charge in [0.25, 0.3) is 5.91 Å². The number of sulfonamides is 1. The zero-order valence-corrected chi connectivity index (χ0v) is 16.8. The molecule has 0 fully saturated rings. The standard InChI is InChI=1S/C20H19N3O3S2/c1-21-28(25,26)17-11-9-15(10-12-17)14-23-19(24)18-8-5-13-22-20(18)27-16-6-3-2-4-7-16/h2-13,21H,14H2,1H3,(H,23,24). The average molecular weight is 414 g/mol. The van der Waals surface area contributed by atoms with Crippen molar-refractivity contribution >= 4 is 27.7 Å². The van der Waals surface area contributed by atoms with Gasteiger partial charge in [-0.1, -0.05) is 42.1 Å². The molecule has 28 heavy (non-hydrogen) atoms. The Morgan fingerprint density at radius 3 is 2.39 bits per heavy atom. The molecule has 6 nitrogen and oxygen atoms in total. The normalized spacial score (nSPS) is 11.2. The highest BCUT2D eigenvalue weighted by Gasteiger charge is 2.14. The molecule has 0 saturated carbocycles. The molecule has 0 radical (unpaired) electrons. The molecular formula is C20H19N3O3S2. The lowest BCUT2D eigenvalue weighted by Crippen LogP contribution is -2.24. The summed E-state index contributed by atoms with van der Waals surface area (Å²) < 4.78 is 25.8. The first kappa shape index (κ1) is 20.1. The van der Waals surface area contributed by atoms with Crippen LogP contribution in [0.2, 0.25) is 0 Å². The largest absolute Gasteiger partial charge is 0.348 e. The van der Waals surface area contributed by atoms with Crippen LogP contribution < -0.4 is 10.0 Å². The van der Waals surface area contributed by atoms with Crippen molar-refractivity contribution in [3.8, 4) is 0 Å². The minimum absolute atomic E-state index is 0.180. The molecule has 3 rings (SSSR count). The molecule has 1 aromatic heterocycles. The fourth-order valence-corrected chi connectivity index (χ4v) is 4.06. The smallest absolute Gasteiger partial charge is 0.254 e. The molecule has 8 heteroatoms. The molecular weight excluding hydrogens is 394 g/mol. The number of carbonyl (C=O) groups excluding carboxylic acids is 1. The Morgan fingerprint density at radius 1 is 1.00 bits per heavy atom. The summed E-state index contributed by atoms with van der Waals surface area (Å²) in [5.74, 6) is -0.238. The van der Waals surface area contributed by atoms with E-state index in [1.807, 2.05) is 30.3 Å². The molecule has 3 aromatic rings. The van der Waals surface area contributed by atoms with E-state index in [-0.39, 0.29) is 17.3 Å². The predicted molar refractivity (Wildman–Crippen MR) is 109 cm³/mol. The summed E-state index contributed by atoms with van der Waals surface area (Å²) in [6.07, 6.45) is 1.66. The third kappa shape index (κ3) is 4.98. The molecule has 2 N–H and O–H groups in total. The maximum absolute atomic E-state index is 12.6. The number of hydrogen-bond donors (Lipinski definition) is 2. The van der Waals surface area contributed by atoms with E-state index in [0.29, 0.717) is 10.6 Å². The summed E-state index contributed by atoms with van der Waals surface area (Å²) in [6, 6.07) is 19.5. The number of nitrogens with zero attached hydrogens (tertiary/aromatic N) is 1. The third-order valence-electron chi connectivity index (χ3n) is 3.93. The summed E-state index contributed by atoms with van der Waals surface area (Å²) in [5.41, 5.74) is 1.29. The minimum Gasteiger partial charge on any atom is -0.348 e. The van der Waals surface area contributed by atoms with E-state index in [2.05, 4.69) is 15.0 Å². The van der Waals surface area contributed by atoms with E-state index in [9.17, 15) is 13.2 Å². The van der Waals surface area contributed by atoms with Crippen LogP contribution in [0.4, 0.5) is 0 Å². The van der Waals surface area contributed by atoms with E-state index in [1.54, 1.807) is 30.5 Å². The van der Waals surface area contributed by atoms with E-state index < -0.39 is 10.0 Å². The molecule has 0 aliphatic carbocycles. The summed E-state index contributed by atoms with van der Waals surface area (Å²) >= 11 is 1.43. The summed E-state index contributed by atoms with van der Waals surface area (Å²) in [5, 5.41) is 3.48. The average Bonchev–Trinajstić information content (AvgIpc) is 2.73. The Kier molecular flexibility index (Phi) is 6.45. The monoisotopic (exact) mass is 413 g/mol. The lowest BCUT2D eigenvalue weighted by Gasteiger charge is -2.10. The summed E-state index contributed by atoms with van der Waals surface area (Å²) in [7, 11) is -2.11. The van der Waals surface area contributed by atoms with Crippen LogP contribution in [0.5, 0.6) is 0 Å². The van der Waals surface area contributed by atoms with E-state index >= 15 is 0 Å². The van der Waals surface area contributed by atoms with Crippen LogP contribution in [0.15, 0.2) is 87.7 Å². The topological polar surface area (TPSA) is 88.2 Å². The molecule has 1 heterocycles. The first-order valence-corrected chi connectivity index (χ1v) is 10.8. The van der Waals surface area contributed by atoms with Gasteiger partial charge in [0.05, 0.1) is 10.5 Å². The van der Waals surface area contributed by atoms with Crippen molar-refractivity contribution in [1.29, 1.82) is 0 Å². The fraction of sp³-hybridized carbons (Fsp3) is 0.100. The predicted octanol–water partition coefficient (Wildman–Crippen LogP) is 3.07. The Labute approximate surface area is 168 Å². The van der Waals surface area contributed by atoms with Gasteiger partial charge in [-0.25, -0.2) is 18.1 Å². The number of rotatable bonds is 7. The number of aromatic nitrogens is 1. The third-order valence-corrected chi connectivity index (χ3v) is 6.39. The van der Waals surface area contributed by atoms with Crippen molar-refractivity contribution in [2.75, 3.05) is 7.05 Å². The lowest BCUT2D eigenvalue weighted by atomic mass is 10.2. The summed E-state index contributed by atoms with van der Waals surface area (Å²) in [6.45, 7) is 0.281. The Morgan fingerprint density at radius 2 is 1.71 bits per heavy atom. The Hall–Kier alpha value is -2.68.